The number of methoxy groups -OCH3 is 1. The molecular weight excluding hydrogens is 378 g/mol. The molecule has 150 valence electrons. The van der Waals surface area contributed by atoms with Gasteiger partial charge >= 0.3 is 0 Å². The predicted octanol–water partition coefficient (Wildman–Crippen LogP) is 2.75. The summed E-state index contributed by atoms with van der Waals surface area (Å²) in [6.45, 7) is 2.00. The van der Waals surface area contributed by atoms with E-state index < -0.39 is 10.0 Å². The number of rotatable bonds is 9. The maximum atomic E-state index is 12.4. The maximum absolute atomic E-state index is 12.4. The van der Waals surface area contributed by atoms with Crippen LogP contribution in [0.15, 0.2) is 47.4 Å². The Morgan fingerprint density at radius 2 is 1.89 bits per heavy atom. The molecule has 0 unspecified atom stereocenters. The van der Waals surface area contributed by atoms with Crippen LogP contribution >= 0.6 is 0 Å². The number of carbonyl (C=O) groups is 1. The SMILES string of the molecule is CCc1ccccc1NC(=O)CNc1cc(S(=O)(=O)NC2CC2)ccc1OC. The van der Waals surface area contributed by atoms with Gasteiger partial charge in [0.15, 0.2) is 0 Å². The van der Waals surface area contributed by atoms with Crippen LogP contribution in [0.25, 0.3) is 0 Å². The molecule has 1 amide bonds. The van der Waals surface area contributed by atoms with Crippen LogP contribution < -0.4 is 20.1 Å². The van der Waals surface area contributed by atoms with Crippen LogP contribution in [0.2, 0.25) is 0 Å². The molecule has 0 saturated heterocycles. The third kappa shape index (κ3) is 5.02. The van der Waals surface area contributed by atoms with Gasteiger partial charge < -0.3 is 15.4 Å². The highest BCUT2D eigenvalue weighted by molar-refractivity contribution is 7.89. The maximum Gasteiger partial charge on any atom is 0.243 e. The highest BCUT2D eigenvalue weighted by atomic mass is 32.2. The van der Waals surface area contributed by atoms with Crippen LogP contribution in [-0.2, 0) is 21.2 Å². The second kappa shape index (κ2) is 8.62. The Kier molecular flexibility index (Phi) is 6.21. The first-order valence-electron chi connectivity index (χ1n) is 9.25. The summed E-state index contributed by atoms with van der Waals surface area (Å²) in [5, 5.41) is 5.85. The lowest BCUT2D eigenvalue weighted by atomic mass is 10.1. The average Bonchev–Trinajstić information content (AvgIpc) is 3.49. The van der Waals surface area contributed by atoms with Gasteiger partial charge in [-0.05, 0) is 49.1 Å². The average molecular weight is 404 g/mol. The van der Waals surface area contributed by atoms with E-state index in [9.17, 15) is 13.2 Å². The third-order valence-electron chi connectivity index (χ3n) is 4.49. The number of hydrogen-bond donors (Lipinski definition) is 3. The minimum absolute atomic E-state index is 0.0199. The first-order chi connectivity index (χ1) is 13.4. The molecule has 0 bridgehead atoms. The first kappa shape index (κ1) is 20.2. The number of ether oxygens (including phenoxy) is 1. The van der Waals surface area contributed by atoms with Gasteiger partial charge in [-0.2, -0.15) is 0 Å². The molecule has 8 heteroatoms. The molecule has 1 fully saturated rings. The quantitative estimate of drug-likeness (QED) is 0.598. The number of sulfonamides is 1. The summed E-state index contributed by atoms with van der Waals surface area (Å²) >= 11 is 0. The summed E-state index contributed by atoms with van der Waals surface area (Å²) in [6, 6.07) is 12.2. The molecule has 0 aliphatic heterocycles. The molecule has 3 rings (SSSR count). The second-order valence-electron chi connectivity index (χ2n) is 6.67. The summed E-state index contributed by atoms with van der Waals surface area (Å²) in [6.07, 6.45) is 2.53. The van der Waals surface area contributed by atoms with Crippen LogP contribution in [0.5, 0.6) is 5.75 Å². The highest BCUT2D eigenvalue weighted by Crippen LogP contribution is 2.29. The summed E-state index contributed by atoms with van der Waals surface area (Å²) in [5.41, 5.74) is 2.27. The molecule has 1 aliphatic rings. The normalized spacial score (nSPS) is 13.8. The molecule has 7 nitrogen and oxygen atoms in total. The molecule has 28 heavy (non-hydrogen) atoms. The minimum atomic E-state index is -3.59. The number of benzene rings is 2. The molecule has 3 N–H and O–H groups in total. The fraction of sp³-hybridized carbons (Fsp3) is 0.350. The van der Waals surface area contributed by atoms with Crippen LogP contribution in [-0.4, -0.2) is 34.0 Å². The fourth-order valence-electron chi connectivity index (χ4n) is 2.80. The zero-order chi connectivity index (χ0) is 20.1. The van der Waals surface area contributed by atoms with Crippen molar-refractivity contribution in [3.63, 3.8) is 0 Å². The number of carbonyl (C=O) groups excluding carboxylic acids is 1. The number of para-hydroxylation sites is 1. The monoisotopic (exact) mass is 403 g/mol. The van der Waals surface area contributed by atoms with Crippen LogP contribution in [0.3, 0.4) is 0 Å². The molecule has 1 saturated carbocycles. The lowest BCUT2D eigenvalue weighted by Gasteiger charge is -2.14. The van der Waals surface area contributed by atoms with E-state index in [0.29, 0.717) is 11.4 Å². The van der Waals surface area contributed by atoms with Crippen molar-refractivity contribution in [2.24, 2.45) is 0 Å². The fourth-order valence-corrected chi connectivity index (χ4v) is 4.13. The Labute approximate surface area is 165 Å². The lowest BCUT2D eigenvalue weighted by molar-refractivity contribution is -0.114. The van der Waals surface area contributed by atoms with Crippen LogP contribution in [0.1, 0.15) is 25.3 Å². The van der Waals surface area contributed by atoms with E-state index in [1.54, 1.807) is 6.07 Å². The summed E-state index contributed by atoms with van der Waals surface area (Å²) in [4.78, 5) is 12.5. The van der Waals surface area contributed by atoms with Crippen molar-refractivity contribution in [2.75, 3.05) is 24.3 Å². The number of nitrogens with one attached hydrogen (secondary N) is 3. The lowest BCUT2D eigenvalue weighted by Crippen LogP contribution is -2.26. The largest absolute Gasteiger partial charge is 0.495 e. The highest BCUT2D eigenvalue weighted by Gasteiger charge is 2.28. The zero-order valence-electron chi connectivity index (χ0n) is 16.0. The van der Waals surface area contributed by atoms with Crippen molar-refractivity contribution in [3.05, 3.63) is 48.0 Å². The molecule has 2 aromatic rings. The van der Waals surface area contributed by atoms with Gasteiger partial charge in [0.2, 0.25) is 15.9 Å². The predicted molar refractivity (Wildman–Crippen MR) is 109 cm³/mol. The van der Waals surface area contributed by atoms with Gasteiger partial charge in [0.25, 0.3) is 0 Å². The summed E-state index contributed by atoms with van der Waals surface area (Å²) in [7, 11) is -2.09. The topological polar surface area (TPSA) is 96.5 Å². The van der Waals surface area contributed by atoms with Crippen LogP contribution in [0, 0.1) is 0 Å². The third-order valence-corrected chi connectivity index (χ3v) is 6.01. The Morgan fingerprint density at radius 3 is 2.57 bits per heavy atom. The van der Waals surface area contributed by atoms with Gasteiger partial charge in [-0.25, -0.2) is 13.1 Å². The molecule has 1 aliphatic carbocycles. The van der Waals surface area contributed by atoms with Crippen molar-refractivity contribution in [1.82, 2.24) is 4.72 Å². The van der Waals surface area contributed by atoms with Gasteiger partial charge in [0.05, 0.1) is 24.2 Å². The Balaban J connectivity index is 1.70. The Morgan fingerprint density at radius 1 is 1.14 bits per heavy atom. The van der Waals surface area contributed by atoms with Crippen molar-refractivity contribution in [1.29, 1.82) is 0 Å². The van der Waals surface area contributed by atoms with Gasteiger partial charge in [0, 0.05) is 11.7 Å². The molecule has 2 aromatic carbocycles. The standard InChI is InChI=1S/C20H25N3O4S/c1-3-14-6-4-5-7-17(14)22-20(24)13-21-18-12-16(10-11-19(18)27-2)28(25,26)23-15-8-9-15/h4-7,10-12,15,21,23H,3,8-9,13H2,1-2H3,(H,22,24). The number of aryl methyl sites for hydroxylation is 1. The van der Waals surface area contributed by atoms with Crippen LogP contribution in [0.4, 0.5) is 11.4 Å². The van der Waals surface area contributed by atoms with E-state index in [4.69, 9.17) is 4.74 Å². The molecule has 0 atom stereocenters. The Bertz CT molecular complexity index is 956. The van der Waals surface area contributed by atoms with E-state index in [-0.39, 0.29) is 23.4 Å². The van der Waals surface area contributed by atoms with E-state index in [2.05, 4.69) is 15.4 Å². The smallest absolute Gasteiger partial charge is 0.243 e. The Hall–Kier alpha value is -2.58. The molecule has 0 heterocycles. The van der Waals surface area contributed by atoms with Crippen molar-refractivity contribution in [3.8, 4) is 5.75 Å². The molecular formula is C20H25N3O4S. The van der Waals surface area contributed by atoms with Gasteiger partial charge in [-0.15, -0.1) is 0 Å². The summed E-state index contributed by atoms with van der Waals surface area (Å²) < 4.78 is 32.8. The van der Waals surface area contributed by atoms with Crippen molar-refractivity contribution < 1.29 is 17.9 Å². The van der Waals surface area contributed by atoms with Crippen molar-refractivity contribution >= 4 is 27.3 Å². The van der Waals surface area contributed by atoms with E-state index in [0.717, 1.165) is 30.5 Å². The zero-order valence-corrected chi connectivity index (χ0v) is 16.8. The minimum Gasteiger partial charge on any atom is -0.495 e. The molecule has 0 spiro atoms. The first-order valence-corrected chi connectivity index (χ1v) is 10.7. The number of amides is 1. The van der Waals surface area contributed by atoms with Gasteiger partial charge in [-0.3, -0.25) is 4.79 Å². The van der Waals surface area contributed by atoms with Gasteiger partial charge in [-0.1, -0.05) is 25.1 Å². The van der Waals surface area contributed by atoms with Crippen molar-refractivity contribution in [2.45, 2.75) is 37.1 Å². The van der Waals surface area contributed by atoms with Gasteiger partial charge in [0.1, 0.15) is 5.75 Å². The van der Waals surface area contributed by atoms with E-state index in [1.165, 1.54) is 19.2 Å². The molecule has 0 radical (unpaired) electrons. The van der Waals surface area contributed by atoms with E-state index >= 15 is 0 Å². The number of hydrogen-bond acceptors (Lipinski definition) is 5. The van der Waals surface area contributed by atoms with E-state index in [1.807, 2.05) is 31.2 Å². The molecule has 0 aromatic heterocycles. The second-order valence-corrected chi connectivity index (χ2v) is 8.38. The number of anilines is 2. The summed E-state index contributed by atoms with van der Waals surface area (Å²) in [5.74, 6) is 0.236.